The standard InChI is InChI=1S/C13H16O4/c1-4-13-5-7-8(13)9(16-12(7)15)10(13)17-11(14)6(2)3/h7-10H,2,4-5H2,1,3H3. The molecule has 0 N–H and O–H groups in total. The Kier molecular flexibility index (Phi) is 1.98. The van der Waals surface area contributed by atoms with E-state index in [0.717, 1.165) is 12.8 Å². The molecular weight excluding hydrogens is 220 g/mol. The highest BCUT2D eigenvalue weighted by Crippen LogP contribution is 2.71. The Bertz CT molecular complexity index is 427. The lowest BCUT2D eigenvalue weighted by Crippen LogP contribution is -2.71. The minimum absolute atomic E-state index is 0.00734. The Morgan fingerprint density at radius 2 is 2.35 bits per heavy atom. The van der Waals surface area contributed by atoms with Crippen LogP contribution in [0.3, 0.4) is 0 Å². The molecule has 5 atom stereocenters. The van der Waals surface area contributed by atoms with E-state index in [-0.39, 0.29) is 41.4 Å². The maximum atomic E-state index is 11.6. The number of rotatable bonds is 3. The topological polar surface area (TPSA) is 52.6 Å². The molecule has 0 aromatic rings. The van der Waals surface area contributed by atoms with Crippen LogP contribution in [0.4, 0.5) is 0 Å². The second kappa shape index (κ2) is 3.12. The van der Waals surface area contributed by atoms with Gasteiger partial charge in [-0.3, -0.25) is 4.79 Å². The Hall–Kier alpha value is -1.32. The van der Waals surface area contributed by atoms with Crippen LogP contribution in [-0.2, 0) is 19.1 Å². The molecule has 0 amide bonds. The van der Waals surface area contributed by atoms with Crippen molar-refractivity contribution in [1.82, 2.24) is 0 Å². The number of hydrogen-bond acceptors (Lipinski definition) is 4. The van der Waals surface area contributed by atoms with Gasteiger partial charge in [0.15, 0.2) is 0 Å². The summed E-state index contributed by atoms with van der Waals surface area (Å²) in [6, 6.07) is 0. The van der Waals surface area contributed by atoms with E-state index in [0.29, 0.717) is 5.57 Å². The number of ether oxygens (including phenoxy) is 2. The molecule has 0 aromatic carbocycles. The van der Waals surface area contributed by atoms with Gasteiger partial charge in [-0.05, 0) is 19.8 Å². The predicted octanol–water partition coefficient (Wildman–Crippen LogP) is 1.45. The van der Waals surface area contributed by atoms with Gasteiger partial charge < -0.3 is 9.47 Å². The third-order valence-corrected chi connectivity index (χ3v) is 4.71. The number of carbonyl (C=O) groups is 2. The van der Waals surface area contributed by atoms with Crippen LogP contribution in [0.5, 0.6) is 0 Å². The van der Waals surface area contributed by atoms with E-state index in [1.807, 2.05) is 0 Å². The second-order valence-electron chi connectivity index (χ2n) is 5.43. The molecule has 0 bridgehead atoms. The highest BCUT2D eigenvalue weighted by Gasteiger charge is 2.79. The van der Waals surface area contributed by atoms with Crippen LogP contribution in [0.25, 0.3) is 0 Å². The number of esters is 2. The molecule has 4 nitrogen and oxygen atoms in total. The molecule has 2 saturated carbocycles. The van der Waals surface area contributed by atoms with Crippen molar-refractivity contribution in [2.24, 2.45) is 17.3 Å². The first-order valence-electron chi connectivity index (χ1n) is 6.08. The monoisotopic (exact) mass is 236 g/mol. The minimum Gasteiger partial charge on any atom is -0.458 e. The maximum Gasteiger partial charge on any atom is 0.333 e. The van der Waals surface area contributed by atoms with E-state index in [2.05, 4.69) is 13.5 Å². The van der Waals surface area contributed by atoms with Crippen LogP contribution >= 0.6 is 0 Å². The van der Waals surface area contributed by atoms with Gasteiger partial charge >= 0.3 is 11.9 Å². The van der Waals surface area contributed by atoms with E-state index >= 15 is 0 Å². The predicted molar refractivity (Wildman–Crippen MR) is 58.9 cm³/mol. The smallest absolute Gasteiger partial charge is 0.333 e. The zero-order valence-electron chi connectivity index (χ0n) is 10.1. The summed E-state index contributed by atoms with van der Waals surface area (Å²) < 4.78 is 10.7. The van der Waals surface area contributed by atoms with Crippen molar-refractivity contribution in [3.05, 3.63) is 12.2 Å². The van der Waals surface area contributed by atoms with Crippen molar-refractivity contribution in [2.45, 2.75) is 38.9 Å². The quantitative estimate of drug-likeness (QED) is 0.549. The van der Waals surface area contributed by atoms with E-state index in [4.69, 9.17) is 9.47 Å². The largest absolute Gasteiger partial charge is 0.458 e. The molecule has 1 heterocycles. The summed E-state index contributed by atoms with van der Waals surface area (Å²) in [5, 5.41) is 0. The molecular formula is C13H16O4. The van der Waals surface area contributed by atoms with Gasteiger partial charge in [0.05, 0.1) is 5.92 Å². The van der Waals surface area contributed by atoms with Gasteiger partial charge in [0.1, 0.15) is 12.2 Å². The van der Waals surface area contributed by atoms with Crippen LogP contribution in [0.15, 0.2) is 12.2 Å². The summed E-state index contributed by atoms with van der Waals surface area (Å²) in [6.45, 7) is 7.28. The third-order valence-electron chi connectivity index (χ3n) is 4.71. The molecule has 0 spiro atoms. The molecule has 5 unspecified atom stereocenters. The molecule has 1 aliphatic heterocycles. The fraction of sp³-hybridized carbons (Fsp3) is 0.692. The van der Waals surface area contributed by atoms with Crippen molar-refractivity contribution >= 4 is 11.9 Å². The van der Waals surface area contributed by atoms with E-state index in [1.54, 1.807) is 6.92 Å². The summed E-state index contributed by atoms with van der Waals surface area (Å²) >= 11 is 0. The zero-order chi connectivity index (χ0) is 12.4. The minimum atomic E-state index is -0.382. The van der Waals surface area contributed by atoms with Gasteiger partial charge in [-0.15, -0.1) is 0 Å². The zero-order valence-corrected chi connectivity index (χ0v) is 10.1. The van der Waals surface area contributed by atoms with E-state index in [1.165, 1.54) is 0 Å². The molecule has 2 aliphatic carbocycles. The highest BCUT2D eigenvalue weighted by atomic mass is 16.6. The lowest BCUT2D eigenvalue weighted by Gasteiger charge is -2.64. The molecule has 0 aromatic heterocycles. The third kappa shape index (κ3) is 1.08. The fourth-order valence-electron chi connectivity index (χ4n) is 3.74. The van der Waals surface area contributed by atoms with Gasteiger partial charge in [-0.25, -0.2) is 4.79 Å². The molecule has 0 radical (unpaired) electrons. The summed E-state index contributed by atoms with van der Waals surface area (Å²) in [5.74, 6) is -0.159. The van der Waals surface area contributed by atoms with Crippen LogP contribution in [0, 0.1) is 17.3 Å². The Morgan fingerprint density at radius 3 is 2.94 bits per heavy atom. The molecule has 4 heteroatoms. The van der Waals surface area contributed by atoms with E-state index in [9.17, 15) is 9.59 Å². The van der Waals surface area contributed by atoms with Crippen molar-refractivity contribution in [1.29, 1.82) is 0 Å². The first-order valence-corrected chi connectivity index (χ1v) is 6.08. The van der Waals surface area contributed by atoms with Crippen LogP contribution in [0.2, 0.25) is 0 Å². The van der Waals surface area contributed by atoms with Crippen molar-refractivity contribution in [3.63, 3.8) is 0 Å². The first kappa shape index (κ1) is 10.8. The lowest BCUT2D eigenvalue weighted by atomic mass is 9.40. The molecule has 92 valence electrons. The van der Waals surface area contributed by atoms with Crippen molar-refractivity contribution in [2.75, 3.05) is 0 Å². The van der Waals surface area contributed by atoms with Gasteiger partial charge in [0.2, 0.25) is 0 Å². The maximum absolute atomic E-state index is 11.6. The normalized spacial score (nSPS) is 45.2. The number of carbonyl (C=O) groups excluding carboxylic acids is 2. The molecule has 1 saturated heterocycles. The van der Waals surface area contributed by atoms with Crippen LogP contribution < -0.4 is 0 Å². The first-order chi connectivity index (χ1) is 8.01. The van der Waals surface area contributed by atoms with Gasteiger partial charge in [0.25, 0.3) is 0 Å². The Balaban J connectivity index is 1.80. The lowest BCUT2D eigenvalue weighted by molar-refractivity contribution is -0.260. The average Bonchev–Trinajstić information content (AvgIpc) is 2.39. The Labute approximate surface area is 100.0 Å². The summed E-state index contributed by atoms with van der Waals surface area (Å²) in [4.78, 5) is 23.1. The van der Waals surface area contributed by atoms with E-state index < -0.39 is 0 Å². The highest BCUT2D eigenvalue weighted by molar-refractivity contribution is 5.87. The average molecular weight is 236 g/mol. The molecule has 3 aliphatic rings. The Morgan fingerprint density at radius 1 is 1.65 bits per heavy atom. The van der Waals surface area contributed by atoms with Gasteiger partial charge in [-0.1, -0.05) is 13.5 Å². The van der Waals surface area contributed by atoms with Gasteiger partial charge in [-0.2, -0.15) is 0 Å². The van der Waals surface area contributed by atoms with Crippen molar-refractivity contribution < 1.29 is 19.1 Å². The van der Waals surface area contributed by atoms with Crippen LogP contribution in [-0.4, -0.2) is 24.1 Å². The molecule has 3 fully saturated rings. The summed E-state index contributed by atoms with van der Waals surface area (Å²) in [6.07, 6.45) is 1.27. The van der Waals surface area contributed by atoms with Gasteiger partial charge in [0, 0.05) is 16.9 Å². The molecule has 17 heavy (non-hydrogen) atoms. The summed E-state index contributed by atoms with van der Waals surface area (Å²) in [7, 11) is 0. The molecule has 3 rings (SSSR count). The SMILES string of the molecule is C=C(C)C(=O)OC1C2OC(=O)C3CC1(CC)C32. The van der Waals surface area contributed by atoms with Crippen LogP contribution in [0.1, 0.15) is 26.7 Å². The summed E-state index contributed by atoms with van der Waals surface area (Å²) in [5.41, 5.74) is 0.381. The second-order valence-corrected chi connectivity index (χ2v) is 5.43. The fourth-order valence-corrected chi connectivity index (χ4v) is 3.74. The van der Waals surface area contributed by atoms with Crippen molar-refractivity contribution in [3.8, 4) is 0 Å². The number of hydrogen-bond donors (Lipinski definition) is 0.